The van der Waals surface area contributed by atoms with Gasteiger partial charge in [0, 0.05) is 7.05 Å². The third-order valence-electron chi connectivity index (χ3n) is 2.16. The summed E-state index contributed by atoms with van der Waals surface area (Å²) >= 11 is 0. The number of β-lactam (4-membered cyclic amide) rings is 1. The zero-order valence-electron chi connectivity index (χ0n) is 6.42. The van der Waals surface area contributed by atoms with Gasteiger partial charge in [-0.2, -0.15) is 0 Å². The third-order valence-corrected chi connectivity index (χ3v) is 2.16. The highest BCUT2D eigenvalue weighted by Gasteiger charge is 2.51. The predicted octanol–water partition coefficient (Wildman–Crippen LogP) is 0.0521. The second-order valence-corrected chi connectivity index (χ2v) is 3.22. The lowest BCUT2D eigenvalue weighted by Gasteiger charge is -2.48. The summed E-state index contributed by atoms with van der Waals surface area (Å²) in [5, 5.41) is 0. The van der Waals surface area contributed by atoms with Crippen molar-refractivity contribution in [3.63, 3.8) is 0 Å². The number of aldehydes is 1. The lowest BCUT2D eigenvalue weighted by Crippen LogP contribution is -2.65. The molecular formula is C7H11NO2. The molecular weight excluding hydrogens is 130 g/mol. The topological polar surface area (TPSA) is 37.4 Å². The minimum absolute atomic E-state index is 0.0459. The summed E-state index contributed by atoms with van der Waals surface area (Å²) < 4.78 is 0. The molecule has 0 aliphatic carbocycles. The number of likely N-dealkylation sites (tertiary alicyclic amines) is 1. The number of rotatable bonds is 1. The maximum atomic E-state index is 11.0. The Hall–Kier alpha value is -0.860. The molecule has 1 rings (SSSR count). The monoisotopic (exact) mass is 141 g/mol. The van der Waals surface area contributed by atoms with Crippen molar-refractivity contribution in [2.75, 3.05) is 7.05 Å². The molecule has 1 aliphatic heterocycles. The molecule has 1 atom stereocenters. The maximum absolute atomic E-state index is 11.0. The standard InChI is InChI=1S/C7H11NO2/c1-7(2)5(4-9)8(3)6(7)10/h4-5H,1-3H3/t5-/m0/s1. The molecule has 0 aromatic rings. The number of carbonyl (C=O) groups excluding carboxylic acids is 2. The molecule has 56 valence electrons. The maximum Gasteiger partial charge on any atom is 0.231 e. The summed E-state index contributed by atoms with van der Waals surface area (Å²) in [6.45, 7) is 3.57. The van der Waals surface area contributed by atoms with E-state index < -0.39 is 5.41 Å². The smallest absolute Gasteiger partial charge is 0.231 e. The van der Waals surface area contributed by atoms with Crippen LogP contribution in [0.3, 0.4) is 0 Å². The molecule has 0 unspecified atom stereocenters. The molecule has 1 heterocycles. The quantitative estimate of drug-likeness (QED) is 0.382. The first-order valence-corrected chi connectivity index (χ1v) is 3.24. The molecule has 1 saturated heterocycles. The van der Waals surface area contributed by atoms with E-state index in [1.807, 2.05) is 0 Å². The van der Waals surface area contributed by atoms with E-state index in [0.29, 0.717) is 0 Å². The minimum Gasteiger partial charge on any atom is -0.334 e. The van der Waals surface area contributed by atoms with Gasteiger partial charge in [0.1, 0.15) is 12.3 Å². The summed E-state index contributed by atoms with van der Waals surface area (Å²) in [4.78, 5) is 22.8. The van der Waals surface area contributed by atoms with Crippen LogP contribution in [-0.2, 0) is 9.59 Å². The average Bonchev–Trinajstić information content (AvgIpc) is 1.88. The predicted molar refractivity (Wildman–Crippen MR) is 36.4 cm³/mol. The molecule has 3 heteroatoms. The van der Waals surface area contributed by atoms with E-state index in [2.05, 4.69) is 0 Å². The van der Waals surface area contributed by atoms with Crippen molar-refractivity contribution in [2.45, 2.75) is 19.9 Å². The Balaban J connectivity index is 2.80. The number of amides is 1. The van der Waals surface area contributed by atoms with Crippen molar-refractivity contribution >= 4 is 12.2 Å². The fourth-order valence-electron chi connectivity index (χ4n) is 1.39. The van der Waals surface area contributed by atoms with E-state index in [1.54, 1.807) is 20.9 Å². The molecule has 1 fully saturated rings. The van der Waals surface area contributed by atoms with Crippen LogP contribution in [0.15, 0.2) is 0 Å². The summed E-state index contributed by atoms with van der Waals surface area (Å²) in [5.41, 5.74) is -0.462. The van der Waals surface area contributed by atoms with Gasteiger partial charge in [0.25, 0.3) is 0 Å². The fourth-order valence-corrected chi connectivity index (χ4v) is 1.39. The molecule has 0 spiro atoms. The van der Waals surface area contributed by atoms with Crippen molar-refractivity contribution < 1.29 is 9.59 Å². The molecule has 0 radical (unpaired) electrons. The van der Waals surface area contributed by atoms with E-state index in [9.17, 15) is 9.59 Å². The number of nitrogens with zero attached hydrogens (tertiary/aromatic N) is 1. The van der Waals surface area contributed by atoms with Gasteiger partial charge in [0.15, 0.2) is 0 Å². The zero-order chi connectivity index (χ0) is 7.94. The number of carbonyl (C=O) groups is 2. The first-order valence-electron chi connectivity index (χ1n) is 3.24. The van der Waals surface area contributed by atoms with E-state index in [1.165, 1.54) is 4.90 Å². The largest absolute Gasteiger partial charge is 0.334 e. The Morgan fingerprint density at radius 2 is 2.10 bits per heavy atom. The second-order valence-electron chi connectivity index (χ2n) is 3.22. The Morgan fingerprint density at radius 3 is 2.30 bits per heavy atom. The van der Waals surface area contributed by atoms with Crippen LogP contribution in [0.1, 0.15) is 13.8 Å². The molecule has 1 amide bonds. The Labute approximate surface area is 60.0 Å². The first kappa shape index (κ1) is 7.25. The van der Waals surface area contributed by atoms with Crippen LogP contribution in [0, 0.1) is 5.41 Å². The lowest BCUT2D eigenvalue weighted by molar-refractivity contribution is -0.166. The van der Waals surface area contributed by atoms with Gasteiger partial charge in [-0.15, -0.1) is 0 Å². The number of likely N-dealkylation sites (N-methyl/N-ethyl adjacent to an activating group) is 1. The highest BCUT2D eigenvalue weighted by Crippen LogP contribution is 2.35. The van der Waals surface area contributed by atoms with Crippen LogP contribution in [0.5, 0.6) is 0 Å². The van der Waals surface area contributed by atoms with Crippen LogP contribution in [0.25, 0.3) is 0 Å². The van der Waals surface area contributed by atoms with Gasteiger partial charge in [-0.3, -0.25) is 4.79 Å². The Kier molecular flexibility index (Phi) is 1.31. The minimum atomic E-state index is -0.462. The molecule has 3 nitrogen and oxygen atoms in total. The number of hydrogen-bond donors (Lipinski definition) is 0. The van der Waals surface area contributed by atoms with Crippen LogP contribution in [0.4, 0.5) is 0 Å². The zero-order valence-corrected chi connectivity index (χ0v) is 6.42. The first-order chi connectivity index (χ1) is 4.51. The SMILES string of the molecule is CN1C(=O)C(C)(C)[C@@H]1C=O. The van der Waals surface area contributed by atoms with Gasteiger partial charge in [0.05, 0.1) is 5.41 Å². The van der Waals surface area contributed by atoms with Crippen LogP contribution < -0.4 is 0 Å². The van der Waals surface area contributed by atoms with E-state index in [0.717, 1.165) is 6.29 Å². The van der Waals surface area contributed by atoms with Crippen LogP contribution in [-0.4, -0.2) is 30.2 Å². The molecule has 1 aliphatic rings. The van der Waals surface area contributed by atoms with Crippen molar-refractivity contribution in [1.82, 2.24) is 4.90 Å². The van der Waals surface area contributed by atoms with E-state index >= 15 is 0 Å². The van der Waals surface area contributed by atoms with Gasteiger partial charge in [0.2, 0.25) is 5.91 Å². The molecule has 10 heavy (non-hydrogen) atoms. The van der Waals surface area contributed by atoms with Gasteiger partial charge in [-0.05, 0) is 13.8 Å². The van der Waals surface area contributed by atoms with Crippen molar-refractivity contribution in [3.05, 3.63) is 0 Å². The van der Waals surface area contributed by atoms with Crippen LogP contribution in [0.2, 0.25) is 0 Å². The fraction of sp³-hybridized carbons (Fsp3) is 0.714. The van der Waals surface area contributed by atoms with Gasteiger partial charge < -0.3 is 9.69 Å². The highest BCUT2D eigenvalue weighted by atomic mass is 16.2. The molecule has 0 N–H and O–H groups in total. The van der Waals surface area contributed by atoms with Crippen molar-refractivity contribution in [2.24, 2.45) is 5.41 Å². The summed E-state index contributed by atoms with van der Waals surface area (Å²) in [6.07, 6.45) is 0.821. The highest BCUT2D eigenvalue weighted by molar-refractivity contribution is 5.95. The Morgan fingerprint density at radius 1 is 1.60 bits per heavy atom. The number of hydrogen-bond acceptors (Lipinski definition) is 2. The average molecular weight is 141 g/mol. The summed E-state index contributed by atoms with van der Waals surface area (Å²) in [7, 11) is 1.65. The molecule has 0 aromatic carbocycles. The lowest BCUT2D eigenvalue weighted by atomic mass is 9.75. The van der Waals surface area contributed by atoms with Crippen LogP contribution >= 0.6 is 0 Å². The molecule has 0 aromatic heterocycles. The van der Waals surface area contributed by atoms with Crippen molar-refractivity contribution in [3.8, 4) is 0 Å². The summed E-state index contributed by atoms with van der Waals surface area (Å²) in [6, 6.07) is -0.222. The molecule has 0 saturated carbocycles. The third kappa shape index (κ3) is 0.602. The summed E-state index contributed by atoms with van der Waals surface area (Å²) in [5.74, 6) is 0.0459. The van der Waals surface area contributed by atoms with Gasteiger partial charge in [-0.25, -0.2) is 0 Å². The van der Waals surface area contributed by atoms with E-state index in [-0.39, 0.29) is 11.9 Å². The van der Waals surface area contributed by atoms with Crippen molar-refractivity contribution in [1.29, 1.82) is 0 Å². The second kappa shape index (κ2) is 1.81. The molecule has 0 bridgehead atoms. The normalized spacial score (nSPS) is 29.7. The van der Waals surface area contributed by atoms with Gasteiger partial charge in [-0.1, -0.05) is 0 Å². The Bertz CT molecular complexity index is 186. The van der Waals surface area contributed by atoms with E-state index in [4.69, 9.17) is 0 Å². The van der Waals surface area contributed by atoms with Gasteiger partial charge >= 0.3 is 0 Å².